The third kappa shape index (κ3) is 7.56. The van der Waals surface area contributed by atoms with Crippen LogP contribution < -0.4 is 5.32 Å². The van der Waals surface area contributed by atoms with Crippen molar-refractivity contribution >= 4 is 35.0 Å². The van der Waals surface area contributed by atoms with Crippen molar-refractivity contribution in [2.45, 2.75) is 63.6 Å². The van der Waals surface area contributed by atoms with E-state index in [1.807, 2.05) is 42.5 Å². The molecule has 3 aromatic rings. The highest BCUT2D eigenvalue weighted by molar-refractivity contribution is 6.31. The average molecular weight is 541 g/mol. The maximum absolute atomic E-state index is 14.6. The summed E-state index contributed by atoms with van der Waals surface area (Å²) >= 11 is 12.3. The van der Waals surface area contributed by atoms with Crippen LogP contribution in [0.25, 0.3) is 0 Å². The lowest BCUT2D eigenvalue weighted by molar-refractivity contribution is -0.141. The monoisotopic (exact) mass is 540 g/mol. The molecule has 2 amide bonds. The van der Waals surface area contributed by atoms with Gasteiger partial charge in [-0.15, -0.1) is 0 Å². The Balaban J connectivity index is 1.68. The second kappa shape index (κ2) is 13.1. The second-order valence-corrected chi connectivity index (χ2v) is 10.4. The molecule has 1 aliphatic carbocycles. The summed E-state index contributed by atoms with van der Waals surface area (Å²) in [5.41, 5.74) is 1.88. The number of carbonyl (C=O) groups is 2. The second-order valence-electron chi connectivity index (χ2n) is 9.57. The molecule has 0 heterocycles. The maximum Gasteiger partial charge on any atom is 0.243 e. The van der Waals surface area contributed by atoms with Gasteiger partial charge in [0.15, 0.2) is 0 Å². The Bertz CT molecular complexity index is 1180. The SMILES string of the molecule is O=C(NC1CCCCC1)[C@H](Cc1ccccc1)N(Cc1ccc(Cl)cc1)C(=O)Cc1c(F)cccc1Cl. The van der Waals surface area contributed by atoms with Gasteiger partial charge in [0.2, 0.25) is 11.8 Å². The molecule has 4 rings (SSSR count). The average Bonchev–Trinajstić information content (AvgIpc) is 2.90. The van der Waals surface area contributed by atoms with Crippen LogP contribution in [0.1, 0.15) is 48.8 Å². The van der Waals surface area contributed by atoms with Gasteiger partial charge in [0.1, 0.15) is 11.9 Å². The van der Waals surface area contributed by atoms with Crippen LogP contribution in [0.4, 0.5) is 4.39 Å². The summed E-state index contributed by atoms with van der Waals surface area (Å²) < 4.78 is 14.6. The van der Waals surface area contributed by atoms with Gasteiger partial charge in [-0.3, -0.25) is 9.59 Å². The molecule has 194 valence electrons. The minimum absolute atomic E-state index is 0.0908. The summed E-state index contributed by atoms with van der Waals surface area (Å²) in [5, 5.41) is 3.97. The highest BCUT2D eigenvalue weighted by Crippen LogP contribution is 2.24. The Kier molecular flexibility index (Phi) is 9.59. The quantitative estimate of drug-likeness (QED) is 0.325. The first kappa shape index (κ1) is 27.2. The first-order valence-electron chi connectivity index (χ1n) is 12.7. The van der Waals surface area contributed by atoms with Crippen LogP contribution in [0.2, 0.25) is 10.0 Å². The van der Waals surface area contributed by atoms with Gasteiger partial charge in [0, 0.05) is 34.6 Å². The number of amides is 2. The van der Waals surface area contributed by atoms with Gasteiger partial charge >= 0.3 is 0 Å². The molecule has 1 fully saturated rings. The van der Waals surface area contributed by atoms with Crippen molar-refractivity contribution in [1.29, 1.82) is 0 Å². The molecule has 0 bridgehead atoms. The van der Waals surface area contributed by atoms with Gasteiger partial charge in [0.05, 0.1) is 6.42 Å². The maximum atomic E-state index is 14.6. The van der Waals surface area contributed by atoms with E-state index in [1.165, 1.54) is 18.6 Å². The molecule has 1 aliphatic rings. The molecular weight excluding hydrogens is 510 g/mol. The zero-order chi connectivity index (χ0) is 26.2. The number of nitrogens with one attached hydrogen (secondary N) is 1. The summed E-state index contributed by atoms with van der Waals surface area (Å²) in [6.45, 7) is 0.178. The van der Waals surface area contributed by atoms with Gasteiger partial charge in [-0.25, -0.2) is 4.39 Å². The van der Waals surface area contributed by atoms with Gasteiger partial charge in [-0.05, 0) is 48.2 Å². The fourth-order valence-electron chi connectivity index (χ4n) is 4.84. The van der Waals surface area contributed by atoms with E-state index in [9.17, 15) is 14.0 Å². The molecule has 7 heteroatoms. The van der Waals surface area contributed by atoms with Gasteiger partial charge in [-0.1, -0.05) is 91.0 Å². The number of hydrogen-bond donors (Lipinski definition) is 1. The van der Waals surface area contributed by atoms with Crippen LogP contribution in [0, 0.1) is 5.82 Å². The zero-order valence-electron chi connectivity index (χ0n) is 20.6. The minimum atomic E-state index is -0.780. The molecule has 0 saturated heterocycles. The molecular formula is C30H31Cl2FN2O2. The molecule has 0 unspecified atom stereocenters. The van der Waals surface area contributed by atoms with E-state index in [4.69, 9.17) is 23.2 Å². The lowest BCUT2D eigenvalue weighted by Gasteiger charge is -2.33. The lowest BCUT2D eigenvalue weighted by atomic mass is 9.94. The van der Waals surface area contributed by atoms with Crippen molar-refractivity contribution in [1.82, 2.24) is 10.2 Å². The van der Waals surface area contributed by atoms with Gasteiger partial charge in [-0.2, -0.15) is 0 Å². The number of benzene rings is 3. The number of rotatable bonds is 9. The fourth-order valence-corrected chi connectivity index (χ4v) is 5.19. The van der Waals surface area contributed by atoms with Crippen LogP contribution in [0.3, 0.4) is 0 Å². The molecule has 1 atom stereocenters. The largest absolute Gasteiger partial charge is 0.352 e. The highest BCUT2D eigenvalue weighted by Gasteiger charge is 2.32. The summed E-state index contributed by atoms with van der Waals surface area (Å²) in [6.07, 6.45) is 5.27. The third-order valence-electron chi connectivity index (χ3n) is 6.88. The lowest BCUT2D eigenvalue weighted by Crippen LogP contribution is -2.53. The fraction of sp³-hybridized carbons (Fsp3) is 0.333. The third-order valence-corrected chi connectivity index (χ3v) is 7.48. The Labute approximate surface area is 227 Å². The van der Waals surface area contributed by atoms with E-state index >= 15 is 0 Å². The standard InChI is InChI=1S/C30H31Cl2FN2O2/c31-23-16-14-22(15-17-23)20-35(29(36)19-25-26(32)12-7-13-27(25)33)28(18-21-8-3-1-4-9-21)30(37)34-24-10-5-2-6-11-24/h1,3-4,7-9,12-17,24,28H,2,5-6,10-11,18-20H2,(H,34,37)/t28-/m0/s1. The van der Waals surface area contributed by atoms with E-state index in [0.29, 0.717) is 11.4 Å². The van der Waals surface area contributed by atoms with Crippen molar-refractivity contribution in [2.75, 3.05) is 0 Å². The van der Waals surface area contributed by atoms with Crippen molar-refractivity contribution in [2.24, 2.45) is 0 Å². The molecule has 0 spiro atoms. The Morgan fingerprint density at radius 3 is 2.27 bits per heavy atom. The van der Waals surface area contributed by atoms with Crippen LogP contribution in [-0.4, -0.2) is 28.8 Å². The zero-order valence-corrected chi connectivity index (χ0v) is 22.1. The Hall–Kier alpha value is -2.89. The summed E-state index contributed by atoms with van der Waals surface area (Å²) in [7, 11) is 0. The smallest absolute Gasteiger partial charge is 0.243 e. The first-order chi connectivity index (χ1) is 17.9. The summed E-state index contributed by atoms with van der Waals surface area (Å²) in [4.78, 5) is 29.1. The number of hydrogen-bond acceptors (Lipinski definition) is 2. The van der Waals surface area contributed by atoms with E-state index in [1.54, 1.807) is 23.1 Å². The van der Waals surface area contributed by atoms with Crippen molar-refractivity contribution < 1.29 is 14.0 Å². The predicted octanol–water partition coefficient (Wildman–Crippen LogP) is 6.76. The van der Waals surface area contributed by atoms with Crippen LogP contribution in [-0.2, 0) is 29.0 Å². The predicted molar refractivity (Wildman–Crippen MR) is 146 cm³/mol. The van der Waals surface area contributed by atoms with Crippen LogP contribution >= 0.6 is 23.2 Å². The molecule has 0 radical (unpaired) electrons. The molecule has 0 aliphatic heterocycles. The van der Waals surface area contributed by atoms with E-state index in [0.717, 1.165) is 36.8 Å². The van der Waals surface area contributed by atoms with Crippen molar-refractivity contribution in [3.63, 3.8) is 0 Å². The molecule has 0 aromatic heterocycles. The number of nitrogens with zero attached hydrogens (tertiary/aromatic N) is 1. The minimum Gasteiger partial charge on any atom is -0.352 e. The van der Waals surface area contributed by atoms with Crippen LogP contribution in [0.15, 0.2) is 72.8 Å². The highest BCUT2D eigenvalue weighted by atomic mass is 35.5. The summed E-state index contributed by atoms with van der Waals surface area (Å²) in [6, 6.07) is 20.5. The van der Waals surface area contributed by atoms with Gasteiger partial charge in [0.25, 0.3) is 0 Å². The van der Waals surface area contributed by atoms with Crippen molar-refractivity contribution in [3.05, 3.63) is 105 Å². The first-order valence-corrected chi connectivity index (χ1v) is 13.5. The number of halogens is 3. The van der Waals surface area contributed by atoms with Crippen molar-refractivity contribution in [3.8, 4) is 0 Å². The number of carbonyl (C=O) groups excluding carboxylic acids is 2. The van der Waals surface area contributed by atoms with E-state index in [2.05, 4.69) is 5.32 Å². The van der Waals surface area contributed by atoms with E-state index < -0.39 is 11.9 Å². The van der Waals surface area contributed by atoms with E-state index in [-0.39, 0.29) is 41.4 Å². The van der Waals surface area contributed by atoms with Gasteiger partial charge < -0.3 is 10.2 Å². The molecule has 1 N–H and O–H groups in total. The normalized spacial score (nSPS) is 14.7. The molecule has 37 heavy (non-hydrogen) atoms. The Morgan fingerprint density at radius 2 is 1.59 bits per heavy atom. The Morgan fingerprint density at radius 1 is 0.892 bits per heavy atom. The molecule has 4 nitrogen and oxygen atoms in total. The molecule has 3 aromatic carbocycles. The molecule has 1 saturated carbocycles. The topological polar surface area (TPSA) is 49.4 Å². The summed E-state index contributed by atoms with van der Waals surface area (Å²) in [5.74, 6) is -1.11. The van der Waals surface area contributed by atoms with Crippen LogP contribution in [0.5, 0.6) is 0 Å².